The summed E-state index contributed by atoms with van der Waals surface area (Å²) in [5, 5.41) is 17.8. The van der Waals surface area contributed by atoms with Crippen molar-refractivity contribution in [2.45, 2.75) is 38.6 Å². The molecule has 0 saturated carbocycles. The van der Waals surface area contributed by atoms with Crippen LogP contribution in [0.5, 0.6) is 0 Å². The van der Waals surface area contributed by atoms with E-state index in [4.69, 9.17) is 10.2 Å². The molecule has 1 aliphatic heterocycles. The summed E-state index contributed by atoms with van der Waals surface area (Å²) in [4.78, 5) is 4.99. The molecule has 0 bridgehead atoms. The second kappa shape index (κ2) is 8.86. The number of hydrogen-bond acceptors (Lipinski definition) is 4. The van der Waals surface area contributed by atoms with E-state index in [1.165, 1.54) is 12.8 Å². The molecule has 0 radical (unpaired) electrons. The molecule has 102 valence electrons. The summed E-state index contributed by atoms with van der Waals surface area (Å²) < 4.78 is 0. The molecule has 1 heterocycles. The number of piperazine rings is 1. The predicted octanol–water partition coefficient (Wildman–Crippen LogP) is 0.538. The molecule has 0 aromatic carbocycles. The average molecular weight is 244 g/mol. The fourth-order valence-corrected chi connectivity index (χ4v) is 2.63. The average Bonchev–Trinajstić information content (AvgIpc) is 2.35. The molecule has 0 spiro atoms. The molecule has 1 rings (SSSR count). The summed E-state index contributed by atoms with van der Waals surface area (Å²) in [6.07, 6.45) is 4.22. The van der Waals surface area contributed by atoms with Gasteiger partial charge in [-0.25, -0.2) is 0 Å². The van der Waals surface area contributed by atoms with Crippen LogP contribution in [0.2, 0.25) is 0 Å². The summed E-state index contributed by atoms with van der Waals surface area (Å²) in [6.45, 7) is 8.20. The van der Waals surface area contributed by atoms with Crippen molar-refractivity contribution in [3.63, 3.8) is 0 Å². The third-order valence-electron chi connectivity index (χ3n) is 3.55. The molecule has 1 fully saturated rings. The van der Waals surface area contributed by atoms with Crippen LogP contribution in [0.15, 0.2) is 0 Å². The van der Waals surface area contributed by atoms with Crippen molar-refractivity contribution in [1.82, 2.24) is 9.80 Å². The Morgan fingerprint density at radius 1 is 1.06 bits per heavy atom. The summed E-state index contributed by atoms with van der Waals surface area (Å²) in [5.41, 5.74) is 0. The molecular weight excluding hydrogens is 216 g/mol. The molecule has 2 N–H and O–H groups in total. The third-order valence-corrected chi connectivity index (χ3v) is 3.55. The Morgan fingerprint density at radius 3 is 2.41 bits per heavy atom. The maximum atomic E-state index is 8.92. The highest BCUT2D eigenvalue weighted by molar-refractivity contribution is 4.81. The fourth-order valence-electron chi connectivity index (χ4n) is 2.63. The smallest absolute Gasteiger partial charge is 0.0443 e. The van der Waals surface area contributed by atoms with E-state index in [0.29, 0.717) is 19.3 Å². The molecule has 1 atom stereocenters. The number of hydrogen-bond donors (Lipinski definition) is 2. The Labute approximate surface area is 105 Å². The second-order valence-electron chi connectivity index (χ2n) is 4.93. The molecule has 0 aromatic heterocycles. The van der Waals surface area contributed by atoms with Gasteiger partial charge in [-0.3, -0.25) is 4.90 Å². The van der Waals surface area contributed by atoms with Crippen LogP contribution in [-0.4, -0.2) is 72.0 Å². The number of rotatable bonds is 8. The predicted molar refractivity (Wildman–Crippen MR) is 70.1 cm³/mol. The molecular formula is C13H28N2O2. The first-order valence-corrected chi connectivity index (χ1v) is 7.00. The van der Waals surface area contributed by atoms with Gasteiger partial charge < -0.3 is 15.1 Å². The summed E-state index contributed by atoms with van der Waals surface area (Å²) in [5.74, 6) is 0. The first-order valence-electron chi connectivity index (χ1n) is 7.00. The van der Waals surface area contributed by atoms with Crippen LogP contribution in [0.4, 0.5) is 0 Å². The standard InChI is InChI=1S/C13H28N2O2/c1-2-5-13-12-14(6-3-10-16)8-9-15(13)7-4-11-17/h13,16-17H,2-12H2,1H3. The van der Waals surface area contributed by atoms with Gasteiger partial charge in [-0.05, 0) is 19.3 Å². The lowest BCUT2D eigenvalue weighted by atomic mass is 10.1. The Balaban J connectivity index is 2.36. The van der Waals surface area contributed by atoms with E-state index in [9.17, 15) is 0 Å². The lowest BCUT2D eigenvalue weighted by Crippen LogP contribution is -2.53. The Kier molecular flexibility index (Phi) is 7.77. The van der Waals surface area contributed by atoms with Crippen LogP contribution in [-0.2, 0) is 0 Å². The van der Waals surface area contributed by atoms with Gasteiger partial charge in [0.2, 0.25) is 0 Å². The van der Waals surface area contributed by atoms with Crippen molar-refractivity contribution in [3.8, 4) is 0 Å². The maximum absolute atomic E-state index is 8.92. The summed E-state index contributed by atoms with van der Waals surface area (Å²) in [6, 6.07) is 0.638. The van der Waals surface area contributed by atoms with E-state index in [1.807, 2.05) is 0 Å². The van der Waals surface area contributed by atoms with Crippen LogP contribution in [0.25, 0.3) is 0 Å². The first-order chi connectivity index (χ1) is 8.31. The molecule has 0 amide bonds. The molecule has 1 unspecified atom stereocenters. The third kappa shape index (κ3) is 5.34. The minimum Gasteiger partial charge on any atom is -0.396 e. The minimum atomic E-state index is 0.295. The Hall–Kier alpha value is -0.160. The van der Waals surface area contributed by atoms with E-state index in [-0.39, 0.29) is 0 Å². The largest absolute Gasteiger partial charge is 0.396 e. The van der Waals surface area contributed by atoms with Crippen molar-refractivity contribution in [2.24, 2.45) is 0 Å². The van der Waals surface area contributed by atoms with Crippen LogP contribution < -0.4 is 0 Å². The van der Waals surface area contributed by atoms with Gasteiger partial charge in [0, 0.05) is 52.0 Å². The zero-order chi connectivity index (χ0) is 12.5. The Bertz CT molecular complexity index is 190. The molecule has 1 aliphatic rings. The zero-order valence-corrected chi connectivity index (χ0v) is 11.1. The van der Waals surface area contributed by atoms with Crippen molar-refractivity contribution in [1.29, 1.82) is 0 Å². The van der Waals surface area contributed by atoms with Gasteiger partial charge in [0.25, 0.3) is 0 Å². The van der Waals surface area contributed by atoms with E-state index in [1.54, 1.807) is 0 Å². The molecule has 1 saturated heterocycles. The van der Waals surface area contributed by atoms with Gasteiger partial charge in [-0.1, -0.05) is 13.3 Å². The fraction of sp³-hybridized carbons (Fsp3) is 1.00. The summed E-state index contributed by atoms with van der Waals surface area (Å²) in [7, 11) is 0. The van der Waals surface area contributed by atoms with E-state index in [0.717, 1.165) is 45.6 Å². The SMILES string of the molecule is CCCC1CN(CCCO)CCN1CCCO. The minimum absolute atomic E-state index is 0.295. The number of aliphatic hydroxyl groups excluding tert-OH is 2. The zero-order valence-electron chi connectivity index (χ0n) is 11.1. The van der Waals surface area contributed by atoms with E-state index >= 15 is 0 Å². The highest BCUT2D eigenvalue weighted by Crippen LogP contribution is 2.15. The molecule has 0 aliphatic carbocycles. The maximum Gasteiger partial charge on any atom is 0.0443 e. The molecule has 4 heteroatoms. The van der Waals surface area contributed by atoms with Crippen LogP contribution >= 0.6 is 0 Å². The molecule has 4 nitrogen and oxygen atoms in total. The van der Waals surface area contributed by atoms with Crippen LogP contribution in [0, 0.1) is 0 Å². The van der Waals surface area contributed by atoms with Crippen LogP contribution in [0.1, 0.15) is 32.6 Å². The van der Waals surface area contributed by atoms with Gasteiger partial charge in [-0.15, -0.1) is 0 Å². The topological polar surface area (TPSA) is 46.9 Å². The monoisotopic (exact) mass is 244 g/mol. The Morgan fingerprint density at radius 2 is 1.76 bits per heavy atom. The van der Waals surface area contributed by atoms with Crippen molar-refractivity contribution in [3.05, 3.63) is 0 Å². The van der Waals surface area contributed by atoms with Crippen molar-refractivity contribution in [2.75, 3.05) is 45.9 Å². The lowest BCUT2D eigenvalue weighted by molar-refractivity contribution is 0.0607. The lowest BCUT2D eigenvalue weighted by Gasteiger charge is -2.41. The number of nitrogens with zero attached hydrogens (tertiary/aromatic N) is 2. The van der Waals surface area contributed by atoms with Gasteiger partial charge in [0.1, 0.15) is 0 Å². The van der Waals surface area contributed by atoms with Crippen molar-refractivity contribution >= 4 is 0 Å². The van der Waals surface area contributed by atoms with Crippen LogP contribution in [0.3, 0.4) is 0 Å². The normalized spacial score (nSPS) is 23.1. The van der Waals surface area contributed by atoms with Gasteiger partial charge in [0.15, 0.2) is 0 Å². The number of aliphatic hydroxyl groups is 2. The highest BCUT2D eigenvalue weighted by Gasteiger charge is 2.25. The second-order valence-corrected chi connectivity index (χ2v) is 4.93. The molecule has 17 heavy (non-hydrogen) atoms. The quantitative estimate of drug-likeness (QED) is 0.654. The van der Waals surface area contributed by atoms with Crippen molar-refractivity contribution < 1.29 is 10.2 Å². The summed E-state index contributed by atoms with van der Waals surface area (Å²) >= 11 is 0. The first kappa shape index (κ1) is 14.9. The van der Waals surface area contributed by atoms with Gasteiger partial charge >= 0.3 is 0 Å². The van der Waals surface area contributed by atoms with Gasteiger partial charge in [-0.2, -0.15) is 0 Å². The van der Waals surface area contributed by atoms with E-state index in [2.05, 4.69) is 16.7 Å². The molecule has 0 aromatic rings. The van der Waals surface area contributed by atoms with E-state index < -0.39 is 0 Å². The highest BCUT2D eigenvalue weighted by atomic mass is 16.3. The van der Waals surface area contributed by atoms with Gasteiger partial charge in [0.05, 0.1) is 0 Å².